The molecule has 1 saturated carbocycles. The number of amides is 1. The van der Waals surface area contributed by atoms with Crippen LogP contribution in [0.3, 0.4) is 0 Å². The Morgan fingerprint density at radius 3 is 2.50 bits per heavy atom. The number of benzene rings is 1. The van der Waals surface area contributed by atoms with Gasteiger partial charge in [0.2, 0.25) is 5.91 Å². The molecule has 0 unspecified atom stereocenters. The topological polar surface area (TPSA) is 55.1 Å². The van der Waals surface area contributed by atoms with Crippen molar-refractivity contribution in [3.05, 3.63) is 35.9 Å². The number of halogens is 1. The molecule has 1 atom stereocenters. The molecule has 0 bridgehead atoms. The van der Waals surface area contributed by atoms with Crippen LogP contribution in [-0.2, 0) is 11.2 Å². The second kappa shape index (κ2) is 7.65. The highest BCUT2D eigenvalue weighted by Gasteiger charge is 2.29. The summed E-state index contributed by atoms with van der Waals surface area (Å²) in [5.41, 5.74) is 7.35. The lowest BCUT2D eigenvalue weighted by Gasteiger charge is -2.24. The van der Waals surface area contributed by atoms with E-state index in [1.165, 1.54) is 25.7 Å². The van der Waals surface area contributed by atoms with Crippen molar-refractivity contribution in [1.82, 2.24) is 5.32 Å². The van der Waals surface area contributed by atoms with Gasteiger partial charge in [-0.05, 0) is 30.2 Å². The van der Waals surface area contributed by atoms with E-state index in [0.717, 1.165) is 12.1 Å². The zero-order valence-corrected chi connectivity index (χ0v) is 12.9. The van der Waals surface area contributed by atoms with E-state index in [1.54, 1.807) is 0 Å². The lowest BCUT2D eigenvalue weighted by molar-refractivity contribution is -0.122. The number of rotatable bonds is 5. The van der Waals surface area contributed by atoms with Crippen molar-refractivity contribution in [2.75, 3.05) is 6.54 Å². The summed E-state index contributed by atoms with van der Waals surface area (Å²) in [5, 5.41) is 3.02. The minimum absolute atomic E-state index is 0. The second-order valence-electron chi connectivity index (χ2n) is 6.03. The molecule has 2 rings (SSSR count). The molecule has 3 N–H and O–H groups in total. The summed E-state index contributed by atoms with van der Waals surface area (Å²) in [7, 11) is 0. The molecule has 20 heavy (non-hydrogen) atoms. The molecule has 1 aromatic carbocycles. The van der Waals surface area contributed by atoms with E-state index in [4.69, 9.17) is 5.73 Å². The van der Waals surface area contributed by atoms with Crippen LogP contribution in [0.1, 0.15) is 38.2 Å². The maximum absolute atomic E-state index is 12.0. The largest absolute Gasteiger partial charge is 0.354 e. The Bertz CT molecular complexity index is 416. The summed E-state index contributed by atoms with van der Waals surface area (Å²) >= 11 is 0. The Morgan fingerprint density at radius 2 is 1.90 bits per heavy atom. The molecule has 0 aromatic heterocycles. The number of carbonyl (C=O) groups is 1. The third kappa shape index (κ3) is 4.80. The van der Waals surface area contributed by atoms with Crippen LogP contribution in [0.4, 0.5) is 0 Å². The lowest BCUT2D eigenvalue weighted by Crippen LogP contribution is -2.45. The molecular formula is C16H25ClN2O. The van der Waals surface area contributed by atoms with E-state index in [2.05, 4.69) is 12.2 Å². The van der Waals surface area contributed by atoms with Gasteiger partial charge in [-0.2, -0.15) is 0 Å². The van der Waals surface area contributed by atoms with Crippen molar-refractivity contribution in [2.24, 2.45) is 11.1 Å². The Morgan fingerprint density at radius 1 is 1.30 bits per heavy atom. The minimum atomic E-state index is -0.451. The first kappa shape index (κ1) is 17.0. The molecule has 1 fully saturated rings. The first-order chi connectivity index (χ1) is 9.09. The monoisotopic (exact) mass is 296 g/mol. The summed E-state index contributed by atoms with van der Waals surface area (Å²) in [6.45, 7) is 3.01. The van der Waals surface area contributed by atoms with Crippen molar-refractivity contribution >= 4 is 18.3 Å². The molecule has 0 spiro atoms. The van der Waals surface area contributed by atoms with Gasteiger partial charge in [0.1, 0.15) is 0 Å². The third-order valence-corrected chi connectivity index (χ3v) is 4.14. The van der Waals surface area contributed by atoms with Gasteiger partial charge in [0.25, 0.3) is 0 Å². The van der Waals surface area contributed by atoms with E-state index >= 15 is 0 Å². The van der Waals surface area contributed by atoms with Gasteiger partial charge in [0.15, 0.2) is 0 Å². The average molecular weight is 297 g/mol. The highest BCUT2D eigenvalue weighted by molar-refractivity contribution is 5.85. The van der Waals surface area contributed by atoms with Crippen LogP contribution in [0.2, 0.25) is 0 Å². The van der Waals surface area contributed by atoms with Crippen molar-refractivity contribution in [1.29, 1.82) is 0 Å². The van der Waals surface area contributed by atoms with Gasteiger partial charge in [-0.3, -0.25) is 4.79 Å². The van der Waals surface area contributed by atoms with Gasteiger partial charge < -0.3 is 11.1 Å². The fourth-order valence-electron chi connectivity index (χ4n) is 2.80. The smallest absolute Gasteiger partial charge is 0.237 e. The van der Waals surface area contributed by atoms with Crippen LogP contribution in [0, 0.1) is 5.41 Å². The second-order valence-corrected chi connectivity index (χ2v) is 6.03. The van der Waals surface area contributed by atoms with Gasteiger partial charge in [-0.25, -0.2) is 0 Å². The standard InChI is InChI=1S/C16H24N2O.ClH/c1-16(9-5-6-10-16)12-18-15(19)14(17)11-13-7-3-2-4-8-13;/h2-4,7-8,14H,5-6,9-12,17H2,1H3,(H,18,19);1H/t14-;/m0./s1. The number of hydrogen-bond acceptors (Lipinski definition) is 2. The van der Waals surface area contributed by atoms with Crippen LogP contribution >= 0.6 is 12.4 Å². The van der Waals surface area contributed by atoms with Crippen LogP contribution in [0.25, 0.3) is 0 Å². The van der Waals surface area contributed by atoms with E-state index in [0.29, 0.717) is 6.42 Å². The summed E-state index contributed by atoms with van der Waals surface area (Å²) in [6, 6.07) is 9.47. The molecule has 112 valence electrons. The molecule has 1 amide bonds. The van der Waals surface area contributed by atoms with Gasteiger partial charge in [0.05, 0.1) is 6.04 Å². The van der Waals surface area contributed by atoms with E-state index in [-0.39, 0.29) is 23.7 Å². The quantitative estimate of drug-likeness (QED) is 0.878. The highest BCUT2D eigenvalue weighted by atomic mass is 35.5. The van der Waals surface area contributed by atoms with E-state index < -0.39 is 6.04 Å². The van der Waals surface area contributed by atoms with Gasteiger partial charge in [-0.1, -0.05) is 50.1 Å². The van der Waals surface area contributed by atoms with Gasteiger partial charge in [-0.15, -0.1) is 12.4 Å². The van der Waals surface area contributed by atoms with Crippen molar-refractivity contribution in [3.8, 4) is 0 Å². The van der Waals surface area contributed by atoms with Crippen molar-refractivity contribution < 1.29 is 4.79 Å². The molecule has 0 radical (unpaired) electrons. The summed E-state index contributed by atoms with van der Waals surface area (Å²) in [5.74, 6) is -0.0306. The SMILES string of the molecule is CC1(CNC(=O)[C@@H](N)Cc2ccccc2)CCCC1.Cl. The fraction of sp³-hybridized carbons (Fsp3) is 0.562. The first-order valence-corrected chi connectivity index (χ1v) is 7.16. The maximum Gasteiger partial charge on any atom is 0.237 e. The summed E-state index contributed by atoms with van der Waals surface area (Å²) in [6.07, 6.45) is 5.58. The molecule has 1 aliphatic rings. The Hall–Kier alpha value is -1.06. The molecule has 1 aliphatic carbocycles. The predicted octanol–water partition coefficient (Wildman–Crippen LogP) is 2.67. The first-order valence-electron chi connectivity index (χ1n) is 7.16. The fourth-order valence-corrected chi connectivity index (χ4v) is 2.80. The van der Waals surface area contributed by atoms with Gasteiger partial charge >= 0.3 is 0 Å². The number of hydrogen-bond donors (Lipinski definition) is 2. The summed E-state index contributed by atoms with van der Waals surface area (Å²) < 4.78 is 0. The highest BCUT2D eigenvalue weighted by Crippen LogP contribution is 2.36. The molecule has 0 saturated heterocycles. The van der Waals surface area contributed by atoms with Crippen LogP contribution in [0.5, 0.6) is 0 Å². The van der Waals surface area contributed by atoms with Crippen molar-refractivity contribution in [3.63, 3.8) is 0 Å². The maximum atomic E-state index is 12.0. The molecule has 1 aromatic rings. The van der Waals surface area contributed by atoms with Crippen molar-refractivity contribution in [2.45, 2.75) is 45.1 Å². The van der Waals surface area contributed by atoms with E-state index in [9.17, 15) is 4.79 Å². The zero-order chi connectivity index (χ0) is 13.7. The average Bonchev–Trinajstić information content (AvgIpc) is 2.84. The number of nitrogens with one attached hydrogen (secondary N) is 1. The van der Waals surface area contributed by atoms with Crippen LogP contribution in [-0.4, -0.2) is 18.5 Å². The molecule has 0 aliphatic heterocycles. The Balaban J connectivity index is 0.00000200. The molecular weight excluding hydrogens is 272 g/mol. The normalized spacial score (nSPS) is 18.1. The third-order valence-electron chi connectivity index (χ3n) is 4.14. The molecule has 4 heteroatoms. The summed E-state index contributed by atoms with van der Waals surface area (Å²) in [4.78, 5) is 12.0. The van der Waals surface area contributed by atoms with Crippen LogP contribution in [0.15, 0.2) is 30.3 Å². The predicted molar refractivity (Wildman–Crippen MR) is 85.0 cm³/mol. The molecule has 3 nitrogen and oxygen atoms in total. The number of nitrogens with two attached hydrogens (primary N) is 1. The molecule has 0 heterocycles. The lowest BCUT2D eigenvalue weighted by atomic mass is 9.89. The Kier molecular flexibility index (Phi) is 6.50. The Labute approximate surface area is 127 Å². The minimum Gasteiger partial charge on any atom is -0.354 e. The number of carbonyl (C=O) groups excluding carboxylic acids is 1. The van der Waals surface area contributed by atoms with Crippen LogP contribution < -0.4 is 11.1 Å². The zero-order valence-electron chi connectivity index (χ0n) is 12.1. The van der Waals surface area contributed by atoms with Gasteiger partial charge in [0, 0.05) is 6.54 Å². The van der Waals surface area contributed by atoms with E-state index in [1.807, 2.05) is 30.3 Å².